The fourth-order valence-electron chi connectivity index (χ4n) is 4.00. The second kappa shape index (κ2) is 8.01. The summed E-state index contributed by atoms with van der Waals surface area (Å²) in [4.78, 5) is 19.4. The first-order valence-corrected chi connectivity index (χ1v) is 11.3. The number of anilines is 1. The third-order valence-electron chi connectivity index (χ3n) is 5.67. The number of rotatable bonds is 5. The van der Waals surface area contributed by atoms with Crippen molar-refractivity contribution in [3.05, 3.63) is 54.2 Å². The van der Waals surface area contributed by atoms with Gasteiger partial charge in [0.1, 0.15) is 10.7 Å². The highest BCUT2D eigenvalue weighted by Crippen LogP contribution is 2.26. The summed E-state index contributed by atoms with van der Waals surface area (Å²) in [5.41, 5.74) is 0.774. The monoisotopic (exact) mass is 399 g/mol. The standard InChI is InChI=1S/C21H25N3O3S/c25-21(17-6-2-1-3-7-17)18-10-14-23(15-11-18)20-9-8-19(16-22-20)28(26,27)24-12-4-5-13-24/h1-3,6-9,16,18H,4-5,10-15H2. The lowest BCUT2D eigenvalue weighted by Gasteiger charge is -2.32. The molecule has 2 saturated heterocycles. The van der Waals surface area contributed by atoms with E-state index in [-0.39, 0.29) is 16.6 Å². The maximum Gasteiger partial charge on any atom is 0.244 e. The minimum absolute atomic E-state index is 0.0356. The number of nitrogens with zero attached hydrogens (tertiary/aromatic N) is 3. The molecule has 0 aliphatic carbocycles. The van der Waals surface area contributed by atoms with Crippen molar-refractivity contribution in [1.82, 2.24) is 9.29 Å². The van der Waals surface area contributed by atoms with Crippen molar-refractivity contribution in [3.63, 3.8) is 0 Å². The van der Waals surface area contributed by atoms with Crippen molar-refractivity contribution in [1.29, 1.82) is 0 Å². The molecule has 0 amide bonds. The van der Waals surface area contributed by atoms with E-state index in [2.05, 4.69) is 9.88 Å². The highest BCUT2D eigenvalue weighted by Gasteiger charge is 2.29. The molecular weight excluding hydrogens is 374 g/mol. The Labute approximate surface area is 166 Å². The minimum Gasteiger partial charge on any atom is -0.357 e. The van der Waals surface area contributed by atoms with Gasteiger partial charge in [-0.3, -0.25) is 4.79 Å². The van der Waals surface area contributed by atoms with Crippen molar-refractivity contribution in [2.45, 2.75) is 30.6 Å². The van der Waals surface area contributed by atoms with Crippen LogP contribution in [0, 0.1) is 5.92 Å². The Morgan fingerprint density at radius 3 is 2.21 bits per heavy atom. The Hall–Kier alpha value is -2.25. The van der Waals surface area contributed by atoms with Crippen LogP contribution in [0.4, 0.5) is 5.82 Å². The molecule has 2 aliphatic rings. The van der Waals surface area contributed by atoms with Crippen LogP contribution in [0.3, 0.4) is 0 Å². The van der Waals surface area contributed by atoms with Crippen LogP contribution in [-0.4, -0.2) is 49.7 Å². The molecule has 0 saturated carbocycles. The van der Waals surface area contributed by atoms with Gasteiger partial charge in [0.2, 0.25) is 10.0 Å². The molecule has 7 heteroatoms. The molecule has 3 heterocycles. The first kappa shape index (κ1) is 19.1. The Morgan fingerprint density at radius 2 is 1.61 bits per heavy atom. The maximum absolute atomic E-state index is 12.6. The van der Waals surface area contributed by atoms with Crippen molar-refractivity contribution in [2.75, 3.05) is 31.1 Å². The number of pyridine rings is 1. The van der Waals surface area contributed by atoms with E-state index in [9.17, 15) is 13.2 Å². The summed E-state index contributed by atoms with van der Waals surface area (Å²) in [6.45, 7) is 2.67. The number of hydrogen-bond acceptors (Lipinski definition) is 5. The van der Waals surface area contributed by atoms with Gasteiger partial charge in [0.25, 0.3) is 0 Å². The molecule has 2 aliphatic heterocycles. The van der Waals surface area contributed by atoms with Crippen LogP contribution in [0.15, 0.2) is 53.6 Å². The van der Waals surface area contributed by atoms with Crippen LogP contribution in [0.25, 0.3) is 0 Å². The van der Waals surface area contributed by atoms with Crippen molar-refractivity contribution >= 4 is 21.6 Å². The molecule has 1 aromatic carbocycles. The molecule has 148 valence electrons. The zero-order valence-corrected chi connectivity index (χ0v) is 16.6. The van der Waals surface area contributed by atoms with E-state index < -0.39 is 10.0 Å². The summed E-state index contributed by atoms with van der Waals surface area (Å²) in [5.74, 6) is 1.01. The third kappa shape index (κ3) is 3.82. The van der Waals surface area contributed by atoms with Gasteiger partial charge in [0.05, 0.1) is 0 Å². The summed E-state index contributed by atoms with van der Waals surface area (Å²) in [6.07, 6.45) is 4.86. The van der Waals surface area contributed by atoms with Gasteiger partial charge < -0.3 is 4.90 Å². The van der Waals surface area contributed by atoms with Crippen LogP contribution < -0.4 is 4.90 Å². The summed E-state index contributed by atoms with van der Waals surface area (Å²) in [7, 11) is -3.43. The fraction of sp³-hybridized carbons (Fsp3) is 0.429. The largest absolute Gasteiger partial charge is 0.357 e. The number of carbonyl (C=O) groups excluding carboxylic acids is 1. The van der Waals surface area contributed by atoms with E-state index in [0.29, 0.717) is 13.1 Å². The highest BCUT2D eigenvalue weighted by molar-refractivity contribution is 7.89. The van der Waals surface area contributed by atoms with E-state index in [1.807, 2.05) is 30.3 Å². The molecule has 2 fully saturated rings. The Morgan fingerprint density at radius 1 is 0.929 bits per heavy atom. The number of ketones is 1. The van der Waals surface area contributed by atoms with Crippen LogP contribution in [0.1, 0.15) is 36.0 Å². The second-order valence-corrected chi connectivity index (χ2v) is 9.39. The number of aromatic nitrogens is 1. The SMILES string of the molecule is O=C(c1ccccc1)C1CCN(c2ccc(S(=O)(=O)N3CCCC3)cn2)CC1. The topological polar surface area (TPSA) is 70.6 Å². The zero-order chi connectivity index (χ0) is 19.6. The molecule has 0 radical (unpaired) electrons. The van der Waals surface area contributed by atoms with Gasteiger partial charge in [-0.05, 0) is 37.8 Å². The van der Waals surface area contributed by atoms with Gasteiger partial charge >= 0.3 is 0 Å². The maximum atomic E-state index is 12.6. The van der Waals surface area contributed by atoms with E-state index in [0.717, 1.165) is 50.2 Å². The molecule has 0 bridgehead atoms. The van der Waals surface area contributed by atoms with Crippen LogP contribution in [-0.2, 0) is 10.0 Å². The van der Waals surface area contributed by atoms with Gasteiger partial charge in [0, 0.05) is 43.9 Å². The summed E-state index contributed by atoms with van der Waals surface area (Å²) < 4.78 is 26.8. The predicted octanol–water partition coefficient (Wildman–Crippen LogP) is 2.97. The zero-order valence-electron chi connectivity index (χ0n) is 15.8. The summed E-state index contributed by atoms with van der Waals surface area (Å²) in [5, 5.41) is 0. The summed E-state index contributed by atoms with van der Waals surface area (Å²) >= 11 is 0. The number of piperidine rings is 1. The predicted molar refractivity (Wildman–Crippen MR) is 108 cm³/mol. The quantitative estimate of drug-likeness (QED) is 0.723. The van der Waals surface area contributed by atoms with E-state index in [1.165, 1.54) is 10.5 Å². The Kier molecular flexibility index (Phi) is 5.46. The lowest BCUT2D eigenvalue weighted by Crippen LogP contribution is -2.37. The van der Waals surface area contributed by atoms with E-state index >= 15 is 0 Å². The first-order chi connectivity index (χ1) is 13.6. The van der Waals surface area contributed by atoms with Crippen LogP contribution in [0.2, 0.25) is 0 Å². The van der Waals surface area contributed by atoms with Crippen molar-refractivity contribution in [2.24, 2.45) is 5.92 Å². The lowest BCUT2D eigenvalue weighted by molar-refractivity contribution is 0.0900. The van der Waals surface area contributed by atoms with Gasteiger partial charge in [0.15, 0.2) is 5.78 Å². The van der Waals surface area contributed by atoms with E-state index in [4.69, 9.17) is 0 Å². The normalized spacial score (nSPS) is 19.1. The van der Waals surface area contributed by atoms with Crippen LogP contribution >= 0.6 is 0 Å². The smallest absolute Gasteiger partial charge is 0.244 e. The highest BCUT2D eigenvalue weighted by atomic mass is 32.2. The molecule has 0 unspecified atom stereocenters. The van der Waals surface area contributed by atoms with Crippen molar-refractivity contribution in [3.8, 4) is 0 Å². The second-order valence-electron chi connectivity index (χ2n) is 7.45. The number of hydrogen-bond donors (Lipinski definition) is 0. The van der Waals surface area contributed by atoms with E-state index in [1.54, 1.807) is 12.1 Å². The number of sulfonamides is 1. The Balaban J connectivity index is 1.39. The molecule has 6 nitrogen and oxygen atoms in total. The average molecular weight is 400 g/mol. The molecular formula is C21H25N3O3S. The average Bonchev–Trinajstić information content (AvgIpc) is 3.30. The Bertz CT molecular complexity index is 915. The van der Waals surface area contributed by atoms with Gasteiger partial charge in [-0.1, -0.05) is 30.3 Å². The fourth-order valence-corrected chi connectivity index (χ4v) is 5.46. The first-order valence-electron chi connectivity index (χ1n) is 9.86. The molecule has 0 atom stereocenters. The number of benzene rings is 1. The third-order valence-corrected chi connectivity index (χ3v) is 7.55. The molecule has 1 aromatic heterocycles. The number of Topliss-reactive ketones (excluding diaryl/α,β-unsaturated/α-hetero) is 1. The molecule has 0 N–H and O–H groups in total. The lowest BCUT2D eigenvalue weighted by atomic mass is 9.89. The minimum atomic E-state index is -3.43. The summed E-state index contributed by atoms with van der Waals surface area (Å²) in [6, 6.07) is 12.9. The number of carbonyl (C=O) groups is 1. The molecule has 28 heavy (non-hydrogen) atoms. The van der Waals surface area contributed by atoms with Gasteiger partial charge in [-0.15, -0.1) is 0 Å². The molecule has 0 spiro atoms. The van der Waals surface area contributed by atoms with Gasteiger partial charge in [-0.2, -0.15) is 4.31 Å². The molecule has 4 rings (SSSR count). The van der Waals surface area contributed by atoms with Crippen molar-refractivity contribution < 1.29 is 13.2 Å². The molecule has 2 aromatic rings. The van der Waals surface area contributed by atoms with Crippen LogP contribution in [0.5, 0.6) is 0 Å². The van der Waals surface area contributed by atoms with Gasteiger partial charge in [-0.25, -0.2) is 13.4 Å².